The van der Waals surface area contributed by atoms with Crippen LogP contribution in [0, 0.1) is 24.7 Å². The second-order valence-electron chi connectivity index (χ2n) is 8.10. The third-order valence-electron chi connectivity index (χ3n) is 5.66. The average molecular weight is 500 g/mol. The molecule has 1 atom stereocenters. The number of aromatic nitrogens is 6. The normalized spacial score (nSPS) is 11.9. The van der Waals surface area contributed by atoms with Crippen molar-refractivity contribution < 1.29 is 9.53 Å². The number of methoxy groups -OCH3 is 1. The molecule has 10 nitrogen and oxygen atoms in total. The van der Waals surface area contributed by atoms with Gasteiger partial charge in [-0.15, -0.1) is 11.3 Å². The van der Waals surface area contributed by atoms with Gasteiger partial charge in [-0.25, -0.2) is 19.6 Å². The number of benzene rings is 1. The molecule has 0 saturated heterocycles. The number of nitrogens with two attached hydrogens (primary N) is 1. The number of carbonyl (C=O) groups is 1. The van der Waals surface area contributed by atoms with Crippen LogP contribution >= 0.6 is 11.3 Å². The number of fused-ring (bicyclic) bond motifs is 2. The lowest BCUT2D eigenvalue weighted by Crippen LogP contribution is -2.26. The first kappa shape index (κ1) is 23.2. The number of nitrogens with zero attached hydrogens (tertiary/aromatic N) is 6. The fourth-order valence-electron chi connectivity index (χ4n) is 3.92. The molecule has 0 fully saturated rings. The predicted molar refractivity (Wildman–Crippen MR) is 137 cm³/mol. The van der Waals surface area contributed by atoms with Gasteiger partial charge in [-0.05, 0) is 42.8 Å². The second kappa shape index (κ2) is 9.24. The maximum atomic E-state index is 13.8. The van der Waals surface area contributed by atoms with E-state index in [0.29, 0.717) is 44.2 Å². The number of hydrogen-bond acceptors (Lipinski definition) is 9. The van der Waals surface area contributed by atoms with Crippen molar-refractivity contribution in [1.82, 2.24) is 29.3 Å². The van der Waals surface area contributed by atoms with Gasteiger partial charge in [0.05, 0.1) is 29.5 Å². The highest BCUT2D eigenvalue weighted by Gasteiger charge is 2.21. The van der Waals surface area contributed by atoms with Crippen molar-refractivity contribution in [3.05, 3.63) is 63.4 Å². The number of para-hydroxylation sites is 2. The van der Waals surface area contributed by atoms with Crippen molar-refractivity contribution in [3.8, 4) is 23.3 Å². The van der Waals surface area contributed by atoms with Crippen molar-refractivity contribution in [2.24, 2.45) is 5.92 Å². The van der Waals surface area contributed by atoms with Gasteiger partial charge in [0, 0.05) is 0 Å². The molecule has 0 bridgehead atoms. The minimum absolute atomic E-state index is 0.0953. The van der Waals surface area contributed by atoms with E-state index in [0.717, 1.165) is 11.8 Å². The van der Waals surface area contributed by atoms with Crippen LogP contribution in [-0.2, 0) is 11.3 Å². The summed E-state index contributed by atoms with van der Waals surface area (Å²) in [6.07, 6.45) is 2.09. The molecule has 2 N–H and O–H groups in total. The molecule has 0 radical (unpaired) electrons. The number of anilines is 1. The van der Waals surface area contributed by atoms with E-state index in [4.69, 9.17) is 15.5 Å². The molecule has 0 spiro atoms. The summed E-state index contributed by atoms with van der Waals surface area (Å²) in [5.74, 6) is 6.46. The summed E-state index contributed by atoms with van der Waals surface area (Å²) in [5.41, 5.74) is 8.13. The first-order chi connectivity index (χ1) is 17.4. The smallest absolute Gasteiger partial charge is 0.267 e. The summed E-state index contributed by atoms with van der Waals surface area (Å²) in [7, 11) is 1.55. The Morgan fingerprint density at radius 1 is 1.25 bits per heavy atom. The quantitative estimate of drug-likeness (QED) is 0.289. The van der Waals surface area contributed by atoms with Gasteiger partial charge in [0.25, 0.3) is 5.56 Å². The lowest BCUT2D eigenvalue weighted by molar-refractivity contribution is -0.109. The lowest BCUT2D eigenvalue weighted by Gasteiger charge is -2.15. The molecule has 11 heteroatoms. The molecule has 36 heavy (non-hydrogen) atoms. The van der Waals surface area contributed by atoms with E-state index in [-0.39, 0.29) is 17.9 Å². The number of aryl methyl sites for hydroxylation is 1. The van der Waals surface area contributed by atoms with Crippen LogP contribution in [0.25, 0.3) is 26.9 Å². The van der Waals surface area contributed by atoms with Gasteiger partial charge in [-0.1, -0.05) is 18.1 Å². The molecule has 4 aromatic heterocycles. The van der Waals surface area contributed by atoms with Crippen molar-refractivity contribution in [2.45, 2.75) is 20.4 Å². The summed E-state index contributed by atoms with van der Waals surface area (Å²) >= 11 is 1.41. The van der Waals surface area contributed by atoms with E-state index in [2.05, 4.69) is 26.9 Å². The standard InChI is InChI=1S/C25H21N7O3S/c1-14(11-33)8-9-16-21-22(26)27-13-28-23(21)31(30-16)10-19-29-24-20(15(2)12-36-24)25(34)32(19)17-6-4-5-7-18(17)35-3/h4-7,11-14H,10H2,1-3H3,(H2,26,27,28)/t14-/m1/s1. The molecule has 4 heterocycles. The van der Waals surface area contributed by atoms with Crippen LogP contribution in [0.5, 0.6) is 5.75 Å². The van der Waals surface area contributed by atoms with Gasteiger partial charge in [-0.2, -0.15) is 5.10 Å². The summed E-state index contributed by atoms with van der Waals surface area (Å²) in [6, 6.07) is 7.26. The van der Waals surface area contributed by atoms with Crippen LogP contribution in [0.4, 0.5) is 5.82 Å². The molecule has 0 unspecified atom stereocenters. The Balaban J connectivity index is 1.76. The highest BCUT2D eigenvalue weighted by atomic mass is 32.1. The maximum Gasteiger partial charge on any atom is 0.267 e. The molecule has 0 aliphatic carbocycles. The monoisotopic (exact) mass is 499 g/mol. The maximum absolute atomic E-state index is 13.8. The van der Waals surface area contributed by atoms with Gasteiger partial charge in [0.2, 0.25) is 0 Å². The van der Waals surface area contributed by atoms with Crippen molar-refractivity contribution in [3.63, 3.8) is 0 Å². The SMILES string of the molecule is COc1ccccc1-n1c(Cn2nc(C#C[C@@H](C)C=O)c3c(N)ncnc32)nc2scc(C)c2c1=O. The van der Waals surface area contributed by atoms with Crippen molar-refractivity contribution in [2.75, 3.05) is 12.8 Å². The zero-order chi connectivity index (χ0) is 25.4. The minimum Gasteiger partial charge on any atom is -0.495 e. The Labute approximate surface area is 209 Å². The predicted octanol–water partition coefficient (Wildman–Crippen LogP) is 2.72. The second-order valence-corrected chi connectivity index (χ2v) is 8.96. The van der Waals surface area contributed by atoms with Crippen molar-refractivity contribution >= 4 is 44.7 Å². The van der Waals surface area contributed by atoms with Crippen LogP contribution < -0.4 is 16.0 Å². The average Bonchev–Trinajstić information content (AvgIpc) is 3.43. The van der Waals surface area contributed by atoms with Gasteiger partial charge in [-0.3, -0.25) is 9.36 Å². The van der Waals surface area contributed by atoms with E-state index in [1.807, 2.05) is 24.4 Å². The highest BCUT2D eigenvalue weighted by Crippen LogP contribution is 2.27. The first-order valence-corrected chi connectivity index (χ1v) is 11.9. The molecule has 180 valence electrons. The highest BCUT2D eigenvalue weighted by molar-refractivity contribution is 7.16. The molecule has 0 aliphatic heterocycles. The molecule has 1 aromatic carbocycles. The number of carbonyl (C=O) groups excluding carboxylic acids is 1. The summed E-state index contributed by atoms with van der Waals surface area (Å²) in [5, 5.41) is 7.55. The van der Waals surface area contributed by atoms with Crippen LogP contribution in [0.3, 0.4) is 0 Å². The zero-order valence-corrected chi connectivity index (χ0v) is 20.5. The molecular weight excluding hydrogens is 478 g/mol. The number of rotatable bonds is 5. The fourth-order valence-corrected chi connectivity index (χ4v) is 4.85. The van der Waals surface area contributed by atoms with Crippen molar-refractivity contribution in [1.29, 1.82) is 0 Å². The van der Waals surface area contributed by atoms with E-state index < -0.39 is 5.92 Å². The molecule has 0 amide bonds. The van der Waals surface area contributed by atoms with Crippen LogP contribution in [0.2, 0.25) is 0 Å². The topological polar surface area (TPSA) is 131 Å². The summed E-state index contributed by atoms with van der Waals surface area (Å²) in [6.45, 7) is 3.67. The van der Waals surface area contributed by atoms with E-state index in [1.54, 1.807) is 35.4 Å². The third-order valence-corrected chi connectivity index (χ3v) is 6.65. The number of hydrogen-bond donors (Lipinski definition) is 1. The van der Waals surface area contributed by atoms with E-state index >= 15 is 0 Å². The Morgan fingerprint density at radius 2 is 2.06 bits per heavy atom. The fraction of sp³-hybridized carbons (Fsp3) is 0.200. The molecule has 5 aromatic rings. The Morgan fingerprint density at radius 3 is 2.83 bits per heavy atom. The first-order valence-electron chi connectivity index (χ1n) is 11.0. The number of aldehydes is 1. The molecular formula is C25H21N7O3S. The summed E-state index contributed by atoms with van der Waals surface area (Å²) in [4.78, 5) is 38.7. The largest absolute Gasteiger partial charge is 0.495 e. The summed E-state index contributed by atoms with van der Waals surface area (Å²) < 4.78 is 8.67. The Hall–Kier alpha value is -4.56. The van der Waals surface area contributed by atoms with Gasteiger partial charge >= 0.3 is 0 Å². The van der Waals surface area contributed by atoms with E-state index in [9.17, 15) is 9.59 Å². The minimum atomic E-state index is -0.474. The van der Waals surface area contributed by atoms with Gasteiger partial charge in [0.15, 0.2) is 5.65 Å². The Kier molecular flexibility index (Phi) is 5.95. The van der Waals surface area contributed by atoms with E-state index in [1.165, 1.54) is 17.7 Å². The zero-order valence-electron chi connectivity index (χ0n) is 19.7. The van der Waals surface area contributed by atoms with Gasteiger partial charge in [0.1, 0.15) is 47.1 Å². The third kappa shape index (κ3) is 3.87. The van der Waals surface area contributed by atoms with Crippen LogP contribution in [0.1, 0.15) is 24.0 Å². The molecule has 0 aliphatic rings. The Bertz CT molecular complexity index is 1760. The molecule has 0 saturated carbocycles. The number of thiophene rings is 1. The van der Waals surface area contributed by atoms with Crippen LogP contribution in [0.15, 0.2) is 40.8 Å². The molecule has 5 rings (SSSR count). The number of nitrogen functional groups attached to an aromatic ring is 1. The number of ether oxygens (including phenoxy) is 1. The lowest BCUT2D eigenvalue weighted by atomic mass is 10.2. The van der Waals surface area contributed by atoms with Crippen LogP contribution in [-0.4, -0.2) is 42.7 Å². The van der Waals surface area contributed by atoms with Gasteiger partial charge < -0.3 is 15.3 Å².